The first-order valence-electron chi connectivity index (χ1n) is 9.90. The van der Waals surface area contributed by atoms with E-state index in [1.807, 2.05) is 44.2 Å². The van der Waals surface area contributed by atoms with Gasteiger partial charge in [-0.05, 0) is 43.7 Å². The van der Waals surface area contributed by atoms with E-state index in [1.54, 1.807) is 18.2 Å². The molecule has 0 radical (unpaired) electrons. The minimum atomic E-state index is -1.08. The van der Waals surface area contributed by atoms with E-state index in [-0.39, 0.29) is 17.5 Å². The lowest BCUT2D eigenvalue weighted by atomic mass is 10.1. The van der Waals surface area contributed by atoms with Gasteiger partial charge in [-0.2, -0.15) is 0 Å². The summed E-state index contributed by atoms with van der Waals surface area (Å²) in [6.45, 7) is 4.25. The quantitative estimate of drug-likeness (QED) is 0.531. The van der Waals surface area contributed by atoms with Crippen molar-refractivity contribution in [3.05, 3.63) is 83.6 Å². The highest BCUT2D eigenvalue weighted by Crippen LogP contribution is 2.25. The summed E-state index contributed by atoms with van der Waals surface area (Å²) >= 11 is 0. The Kier molecular flexibility index (Phi) is 7.22. The number of aromatic nitrogens is 1. The second-order valence-electron chi connectivity index (χ2n) is 7.14. The molecule has 7 heteroatoms. The summed E-state index contributed by atoms with van der Waals surface area (Å²) in [5, 5.41) is 11.6. The smallest absolute Gasteiger partial charge is 0.337 e. The Morgan fingerprint density at radius 1 is 1.00 bits per heavy atom. The summed E-state index contributed by atoms with van der Waals surface area (Å²) in [6, 6.07) is 17.8. The molecule has 0 bridgehead atoms. The second kappa shape index (κ2) is 10.2. The zero-order chi connectivity index (χ0) is 22.2. The fraction of sp³-hybridized carbons (Fsp3) is 0.208. The normalized spacial score (nSPS) is 10.5. The molecule has 1 amide bonds. The highest BCUT2D eigenvalue weighted by atomic mass is 16.5. The average molecular weight is 420 g/mol. The van der Waals surface area contributed by atoms with Crippen molar-refractivity contribution in [2.45, 2.75) is 26.4 Å². The number of rotatable bonds is 9. The zero-order valence-electron chi connectivity index (χ0n) is 17.4. The Hall–Kier alpha value is -3.87. The van der Waals surface area contributed by atoms with Crippen LogP contribution in [-0.4, -0.2) is 34.7 Å². The number of carboxylic acids is 1. The molecule has 7 nitrogen and oxygen atoms in total. The molecule has 3 aromatic rings. The fourth-order valence-corrected chi connectivity index (χ4v) is 2.84. The van der Waals surface area contributed by atoms with Crippen LogP contribution in [0.2, 0.25) is 0 Å². The van der Waals surface area contributed by atoms with Crippen LogP contribution in [0.15, 0.2) is 66.9 Å². The van der Waals surface area contributed by atoms with Gasteiger partial charge in [0.2, 0.25) is 0 Å². The molecule has 2 aromatic carbocycles. The van der Waals surface area contributed by atoms with Crippen molar-refractivity contribution >= 4 is 17.7 Å². The number of hydrogen-bond acceptors (Lipinski definition) is 5. The van der Waals surface area contributed by atoms with Crippen LogP contribution in [0, 0.1) is 0 Å². The first-order chi connectivity index (χ1) is 14.9. The summed E-state index contributed by atoms with van der Waals surface area (Å²) in [6.07, 6.45) is 1.85. The lowest BCUT2D eigenvalue weighted by Gasteiger charge is -2.14. The summed E-state index contributed by atoms with van der Waals surface area (Å²) < 4.78 is 11.6. The minimum absolute atomic E-state index is 0.0411. The third-order valence-electron chi connectivity index (χ3n) is 4.27. The summed E-state index contributed by atoms with van der Waals surface area (Å²) in [5.74, 6) is -0.199. The van der Waals surface area contributed by atoms with E-state index in [4.69, 9.17) is 14.6 Å². The number of anilines is 1. The Morgan fingerprint density at radius 3 is 2.39 bits per heavy atom. The monoisotopic (exact) mass is 420 g/mol. The molecule has 1 aromatic heterocycles. The topological polar surface area (TPSA) is 97.8 Å². The van der Waals surface area contributed by atoms with Gasteiger partial charge in [-0.3, -0.25) is 4.79 Å². The number of carbonyl (C=O) groups is 2. The van der Waals surface area contributed by atoms with Crippen LogP contribution >= 0.6 is 0 Å². The van der Waals surface area contributed by atoms with Gasteiger partial charge in [0.1, 0.15) is 17.3 Å². The lowest BCUT2D eigenvalue weighted by Crippen LogP contribution is -2.14. The summed E-state index contributed by atoms with van der Waals surface area (Å²) in [7, 11) is 0. The van der Waals surface area contributed by atoms with Gasteiger partial charge in [-0.25, -0.2) is 9.78 Å². The van der Waals surface area contributed by atoms with Gasteiger partial charge in [-0.15, -0.1) is 0 Å². The number of amides is 1. The van der Waals surface area contributed by atoms with E-state index in [1.165, 1.54) is 18.3 Å². The van der Waals surface area contributed by atoms with E-state index in [0.29, 0.717) is 23.7 Å². The van der Waals surface area contributed by atoms with E-state index in [9.17, 15) is 9.59 Å². The summed E-state index contributed by atoms with van der Waals surface area (Å²) in [5.41, 5.74) is 1.54. The largest absolute Gasteiger partial charge is 0.493 e. The molecule has 0 saturated heterocycles. The number of carboxylic acid groups (broad SMARTS) is 1. The number of carbonyl (C=O) groups excluding carboxylic acids is 1. The van der Waals surface area contributed by atoms with Crippen molar-refractivity contribution in [2.75, 3.05) is 11.9 Å². The average Bonchev–Trinajstić information content (AvgIpc) is 2.74. The Morgan fingerprint density at radius 2 is 1.74 bits per heavy atom. The molecule has 0 aliphatic carbocycles. The van der Waals surface area contributed by atoms with E-state index in [0.717, 1.165) is 12.0 Å². The molecule has 0 unspecified atom stereocenters. The molecule has 160 valence electrons. The van der Waals surface area contributed by atoms with Crippen LogP contribution < -0.4 is 14.8 Å². The van der Waals surface area contributed by atoms with Gasteiger partial charge in [0.25, 0.3) is 5.91 Å². The van der Waals surface area contributed by atoms with Gasteiger partial charge in [0.15, 0.2) is 0 Å². The molecule has 0 spiro atoms. The maximum Gasteiger partial charge on any atom is 0.337 e. The number of pyridine rings is 1. The SMILES string of the molecule is CC(C)Oc1cc(OCCc2ccccc2)cc(C(=O)Nc2ccc(C(=O)O)cn2)c1. The highest BCUT2D eigenvalue weighted by molar-refractivity contribution is 6.04. The van der Waals surface area contributed by atoms with Crippen molar-refractivity contribution < 1.29 is 24.2 Å². The van der Waals surface area contributed by atoms with Crippen LogP contribution in [0.4, 0.5) is 5.82 Å². The van der Waals surface area contributed by atoms with E-state index in [2.05, 4.69) is 10.3 Å². The number of nitrogens with zero attached hydrogens (tertiary/aromatic N) is 1. The number of ether oxygens (including phenoxy) is 2. The third-order valence-corrected chi connectivity index (χ3v) is 4.27. The van der Waals surface area contributed by atoms with Crippen LogP contribution in [0.25, 0.3) is 0 Å². The standard InChI is InChI=1S/C24H24N2O5/c1-16(2)31-21-13-19(23(27)26-22-9-8-18(15-25-22)24(28)29)12-20(14-21)30-11-10-17-6-4-3-5-7-17/h3-9,12-16H,10-11H2,1-2H3,(H,28,29)(H,25,26,27). The van der Waals surface area contributed by atoms with Gasteiger partial charge in [0.05, 0.1) is 18.3 Å². The molecule has 2 N–H and O–H groups in total. The predicted molar refractivity (Wildman–Crippen MR) is 117 cm³/mol. The molecular formula is C24H24N2O5. The molecule has 0 fully saturated rings. The fourth-order valence-electron chi connectivity index (χ4n) is 2.84. The molecule has 3 rings (SSSR count). The zero-order valence-corrected chi connectivity index (χ0v) is 17.4. The van der Waals surface area contributed by atoms with Crippen molar-refractivity contribution in [1.82, 2.24) is 4.98 Å². The molecule has 1 heterocycles. The van der Waals surface area contributed by atoms with E-state index < -0.39 is 11.9 Å². The van der Waals surface area contributed by atoms with Crippen LogP contribution in [0.1, 0.15) is 40.1 Å². The molecule has 31 heavy (non-hydrogen) atoms. The van der Waals surface area contributed by atoms with Gasteiger partial charge in [0, 0.05) is 24.2 Å². The number of benzene rings is 2. The van der Waals surface area contributed by atoms with Crippen molar-refractivity contribution in [3.8, 4) is 11.5 Å². The number of aromatic carboxylic acids is 1. The maximum absolute atomic E-state index is 12.7. The molecule has 0 aliphatic rings. The van der Waals surface area contributed by atoms with Crippen molar-refractivity contribution in [2.24, 2.45) is 0 Å². The Balaban J connectivity index is 1.73. The number of hydrogen-bond donors (Lipinski definition) is 2. The maximum atomic E-state index is 12.7. The number of nitrogens with one attached hydrogen (secondary N) is 1. The molecule has 0 aliphatic heterocycles. The first kappa shape index (κ1) is 21.8. The molecule has 0 atom stereocenters. The van der Waals surface area contributed by atoms with Gasteiger partial charge >= 0.3 is 5.97 Å². The van der Waals surface area contributed by atoms with Crippen LogP contribution in [0.5, 0.6) is 11.5 Å². The second-order valence-corrected chi connectivity index (χ2v) is 7.14. The molecule has 0 saturated carbocycles. The highest BCUT2D eigenvalue weighted by Gasteiger charge is 2.13. The van der Waals surface area contributed by atoms with Gasteiger partial charge in [-0.1, -0.05) is 30.3 Å². The van der Waals surface area contributed by atoms with Gasteiger partial charge < -0.3 is 19.9 Å². The van der Waals surface area contributed by atoms with E-state index >= 15 is 0 Å². The lowest BCUT2D eigenvalue weighted by molar-refractivity contribution is 0.0696. The van der Waals surface area contributed by atoms with Crippen LogP contribution in [0.3, 0.4) is 0 Å². The van der Waals surface area contributed by atoms with Crippen LogP contribution in [-0.2, 0) is 6.42 Å². The Labute approximate surface area is 180 Å². The Bertz CT molecular complexity index is 1030. The predicted octanol–water partition coefficient (Wildman–Crippen LogP) is 4.44. The summed E-state index contributed by atoms with van der Waals surface area (Å²) in [4.78, 5) is 27.6. The first-order valence-corrected chi connectivity index (χ1v) is 9.90. The third kappa shape index (κ3) is 6.57. The van der Waals surface area contributed by atoms with Crippen molar-refractivity contribution in [1.29, 1.82) is 0 Å². The minimum Gasteiger partial charge on any atom is -0.493 e. The van der Waals surface area contributed by atoms with Crippen molar-refractivity contribution in [3.63, 3.8) is 0 Å². The molecular weight excluding hydrogens is 396 g/mol.